The number of benzene rings is 2. The van der Waals surface area contributed by atoms with Gasteiger partial charge in [-0.25, -0.2) is 4.79 Å². The normalized spacial score (nSPS) is 9.59. The summed E-state index contributed by atoms with van der Waals surface area (Å²) >= 11 is 0. The number of ether oxygens (including phenoxy) is 2. The highest BCUT2D eigenvalue weighted by molar-refractivity contribution is 5.67. The molecule has 0 unspecified atom stereocenters. The van der Waals surface area contributed by atoms with Crippen molar-refractivity contribution in [1.29, 1.82) is 5.26 Å². The quantitative estimate of drug-likeness (QED) is 0.889. The third kappa shape index (κ3) is 5.17. The molecule has 0 bridgehead atoms. The lowest BCUT2D eigenvalue weighted by atomic mass is 10.2. The first-order chi connectivity index (χ1) is 10.8. The molecule has 1 amide bonds. The van der Waals surface area contributed by atoms with Gasteiger partial charge in [-0.2, -0.15) is 5.26 Å². The Bertz CT molecular complexity index is 650. The van der Waals surface area contributed by atoms with Gasteiger partial charge in [-0.15, -0.1) is 0 Å². The Kier molecular flexibility index (Phi) is 5.82. The molecule has 5 nitrogen and oxygen atoms in total. The predicted octanol–water partition coefficient (Wildman–Crippen LogP) is 3.02. The first kappa shape index (κ1) is 15.4. The maximum Gasteiger partial charge on any atom is 0.407 e. The van der Waals surface area contributed by atoms with Crippen LogP contribution < -0.4 is 10.1 Å². The van der Waals surface area contributed by atoms with Gasteiger partial charge in [0.15, 0.2) is 6.61 Å². The van der Waals surface area contributed by atoms with Crippen molar-refractivity contribution in [1.82, 2.24) is 5.32 Å². The van der Waals surface area contributed by atoms with Crippen LogP contribution in [0.15, 0.2) is 54.6 Å². The van der Waals surface area contributed by atoms with E-state index in [0.717, 1.165) is 11.1 Å². The standard InChI is InChI=1S/C17H16N2O3/c18-9-10-21-16-8-4-7-15(11-16)12-19-17(20)22-13-14-5-2-1-3-6-14/h1-8,11H,10,12-13H2,(H,19,20). The summed E-state index contributed by atoms with van der Waals surface area (Å²) < 4.78 is 10.3. The molecule has 0 saturated heterocycles. The smallest absolute Gasteiger partial charge is 0.407 e. The van der Waals surface area contributed by atoms with Crippen LogP contribution >= 0.6 is 0 Å². The van der Waals surface area contributed by atoms with E-state index in [9.17, 15) is 4.79 Å². The number of hydrogen-bond acceptors (Lipinski definition) is 4. The molecular weight excluding hydrogens is 280 g/mol. The maximum atomic E-state index is 11.6. The van der Waals surface area contributed by atoms with Gasteiger partial charge < -0.3 is 14.8 Å². The molecule has 22 heavy (non-hydrogen) atoms. The van der Waals surface area contributed by atoms with E-state index in [1.807, 2.05) is 42.5 Å². The number of carbonyl (C=O) groups excluding carboxylic acids is 1. The van der Waals surface area contributed by atoms with E-state index in [2.05, 4.69) is 5.32 Å². The van der Waals surface area contributed by atoms with Crippen molar-refractivity contribution in [3.05, 3.63) is 65.7 Å². The minimum Gasteiger partial charge on any atom is -0.479 e. The molecular formula is C17H16N2O3. The van der Waals surface area contributed by atoms with Crippen molar-refractivity contribution >= 4 is 6.09 Å². The number of hydrogen-bond donors (Lipinski definition) is 1. The summed E-state index contributed by atoms with van der Waals surface area (Å²) in [5.41, 5.74) is 1.80. The molecule has 0 aliphatic rings. The summed E-state index contributed by atoms with van der Waals surface area (Å²) in [6, 6.07) is 18.6. The van der Waals surface area contributed by atoms with Gasteiger partial charge in [0.25, 0.3) is 0 Å². The zero-order valence-electron chi connectivity index (χ0n) is 12.0. The monoisotopic (exact) mass is 296 g/mol. The first-order valence-electron chi connectivity index (χ1n) is 6.81. The maximum absolute atomic E-state index is 11.6. The van der Waals surface area contributed by atoms with Crippen molar-refractivity contribution in [2.75, 3.05) is 6.61 Å². The van der Waals surface area contributed by atoms with Crippen LogP contribution in [-0.4, -0.2) is 12.7 Å². The predicted molar refractivity (Wildman–Crippen MR) is 81.0 cm³/mol. The van der Waals surface area contributed by atoms with Crippen LogP contribution in [0.5, 0.6) is 5.75 Å². The van der Waals surface area contributed by atoms with Crippen LogP contribution in [0.2, 0.25) is 0 Å². The summed E-state index contributed by atoms with van der Waals surface area (Å²) in [5.74, 6) is 0.596. The molecule has 2 aromatic rings. The van der Waals surface area contributed by atoms with E-state index in [1.165, 1.54) is 0 Å². The fraction of sp³-hybridized carbons (Fsp3) is 0.176. The van der Waals surface area contributed by atoms with Crippen LogP contribution in [0.3, 0.4) is 0 Å². The Morgan fingerprint density at radius 2 is 1.86 bits per heavy atom. The Morgan fingerprint density at radius 1 is 1.09 bits per heavy atom. The third-order valence-electron chi connectivity index (χ3n) is 2.85. The van der Waals surface area contributed by atoms with E-state index in [-0.39, 0.29) is 13.2 Å². The molecule has 5 heteroatoms. The average Bonchev–Trinajstić information content (AvgIpc) is 2.57. The summed E-state index contributed by atoms with van der Waals surface area (Å²) in [6.07, 6.45) is -0.479. The van der Waals surface area contributed by atoms with Crippen molar-refractivity contribution in [3.8, 4) is 11.8 Å². The second-order valence-electron chi connectivity index (χ2n) is 4.51. The fourth-order valence-corrected chi connectivity index (χ4v) is 1.81. The SMILES string of the molecule is N#CCOc1cccc(CNC(=O)OCc2ccccc2)c1. The van der Waals surface area contributed by atoms with Gasteiger partial charge in [-0.1, -0.05) is 42.5 Å². The van der Waals surface area contributed by atoms with Gasteiger partial charge >= 0.3 is 6.09 Å². The van der Waals surface area contributed by atoms with Crippen LogP contribution in [0.4, 0.5) is 4.79 Å². The van der Waals surface area contributed by atoms with Gasteiger partial charge in [0.2, 0.25) is 0 Å². The number of nitriles is 1. The summed E-state index contributed by atoms with van der Waals surface area (Å²) in [7, 11) is 0. The minimum absolute atomic E-state index is 0.00397. The highest BCUT2D eigenvalue weighted by Gasteiger charge is 2.03. The minimum atomic E-state index is -0.479. The molecule has 1 N–H and O–H groups in total. The molecule has 112 valence electrons. The molecule has 0 aliphatic heterocycles. The van der Waals surface area contributed by atoms with Crippen molar-refractivity contribution < 1.29 is 14.3 Å². The molecule has 0 saturated carbocycles. The Labute approximate surface area is 129 Å². The van der Waals surface area contributed by atoms with Crippen LogP contribution in [-0.2, 0) is 17.9 Å². The molecule has 0 heterocycles. The topological polar surface area (TPSA) is 71.3 Å². The molecule has 0 atom stereocenters. The summed E-state index contributed by atoms with van der Waals surface area (Å²) in [6.45, 7) is 0.561. The van der Waals surface area contributed by atoms with E-state index in [0.29, 0.717) is 12.3 Å². The van der Waals surface area contributed by atoms with Gasteiger partial charge in [0.05, 0.1) is 0 Å². The molecule has 2 aromatic carbocycles. The zero-order chi connectivity index (χ0) is 15.6. The van der Waals surface area contributed by atoms with Gasteiger partial charge in [0, 0.05) is 6.54 Å². The molecule has 0 spiro atoms. The van der Waals surface area contributed by atoms with E-state index in [4.69, 9.17) is 14.7 Å². The number of nitrogens with one attached hydrogen (secondary N) is 1. The van der Waals surface area contributed by atoms with Crippen LogP contribution in [0, 0.1) is 11.3 Å². The van der Waals surface area contributed by atoms with Crippen molar-refractivity contribution in [2.45, 2.75) is 13.2 Å². The molecule has 0 radical (unpaired) electrons. The lowest BCUT2D eigenvalue weighted by Crippen LogP contribution is -2.23. The lowest BCUT2D eigenvalue weighted by Gasteiger charge is -2.08. The van der Waals surface area contributed by atoms with Gasteiger partial charge in [-0.05, 0) is 23.3 Å². The largest absolute Gasteiger partial charge is 0.479 e. The van der Waals surface area contributed by atoms with Gasteiger partial charge in [-0.3, -0.25) is 0 Å². The van der Waals surface area contributed by atoms with E-state index < -0.39 is 6.09 Å². The summed E-state index contributed by atoms with van der Waals surface area (Å²) in [4.78, 5) is 11.6. The summed E-state index contributed by atoms with van der Waals surface area (Å²) in [5, 5.41) is 11.1. The number of rotatable bonds is 6. The van der Waals surface area contributed by atoms with Crippen molar-refractivity contribution in [2.24, 2.45) is 0 Å². The Balaban J connectivity index is 1.77. The van der Waals surface area contributed by atoms with Crippen LogP contribution in [0.1, 0.15) is 11.1 Å². The Morgan fingerprint density at radius 3 is 2.64 bits per heavy atom. The van der Waals surface area contributed by atoms with Gasteiger partial charge in [0.1, 0.15) is 18.4 Å². The zero-order valence-corrected chi connectivity index (χ0v) is 12.0. The third-order valence-corrected chi connectivity index (χ3v) is 2.85. The molecule has 0 fully saturated rings. The Hall–Kier alpha value is -3.00. The highest BCUT2D eigenvalue weighted by Crippen LogP contribution is 2.13. The molecule has 2 rings (SSSR count). The van der Waals surface area contributed by atoms with E-state index >= 15 is 0 Å². The number of nitrogens with zero attached hydrogens (tertiary/aromatic N) is 1. The van der Waals surface area contributed by atoms with Crippen LogP contribution in [0.25, 0.3) is 0 Å². The molecule has 0 aliphatic carbocycles. The first-order valence-corrected chi connectivity index (χ1v) is 6.81. The van der Waals surface area contributed by atoms with Crippen molar-refractivity contribution in [3.63, 3.8) is 0 Å². The highest BCUT2D eigenvalue weighted by atomic mass is 16.5. The number of alkyl carbamates (subject to hydrolysis) is 1. The molecule has 0 aromatic heterocycles. The second kappa shape index (κ2) is 8.32. The number of amides is 1. The lowest BCUT2D eigenvalue weighted by molar-refractivity contribution is 0.139. The van der Waals surface area contributed by atoms with E-state index in [1.54, 1.807) is 18.2 Å². The second-order valence-corrected chi connectivity index (χ2v) is 4.51. The average molecular weight is 296 g/mol. The number of carbonyl (C=O) groups is 1. The fourth-order valence-electron chi connectivity index (χ4n) is 1.81.